The van der Waals surface area contributed by atoms with Crippen LogP contribution in [0.5, 0.6) is 0 Å². The van der Waals surface area contributed by atoms with Gasteiger partial charge in [0.15, 0.2) is 5.65 Å². The third kappa shape index (κ3) is 1.75. The number of nitrogens with zero attached hydrogens (tertiary/aromatic N) is 4. The van der Waals surface area contributed by atoms with Crippen LogP contribution in [0, 0.1) is 0 Å². The molecule has 0 aliphatic heterocycles. The Kier molecular flexibility index (Phi) is 2.74. The molecule has 0 amide bonds. The first-order chi connectivity index (χ1) is 6.92. The molecule has 0 N–H and O–H groups in total. The maximum absolute atomic E-state index is 8.67. The van der Waals surface area contributed by atoms with Gasteiger partial charge >= 0.3 is 0 Å². The molecule has 2 heterocycles. The van der Waals surface area contributed by atoms with Crippen LogP contribution >= 0.6 is 0 Å². The number of hydrogen-bond acceptors (Lipinski definition) is 2. The van der Waals surface area contributed by atoms with Gasteiger partial charge in [-0.05, 0) is 25.0 Å². The zero-order chi connectivity index (χ0) is 9.80. The minimum absolute atomic E-state index is 0.250. The summed E-state index contributed by atoms with van der Waals surface area (Å²) in [5.41, 5.74) is 10.5. The monoisotopic (exact) mass is 188 g/mol. The molecule has 0 atom stereocenters. The summed E-state index contributed by atoms with van der Waals surface area (Å²) in [6.45, 7) is 1.12. The summed E-state index contributed by atoms with van der Waals surface area (Å²) < 4.78 is 2.02. The Morgan fingerprint density at radius 1 is 1.29 bits per heavy atom. The van der Waals surface area contributed by atoms with Crippen molar-refractivity contribution in [1.82, 2.24) is 20.3 Å². The smallest absolute Gasteiger partial charge is 0.159 e. The highest BCUT2D eigenvalue weighted by Crippen LogP contribution is 2.09. The van der Waals surface area contributed by atoms with E-state index in [0.717, 1.165) is 30.6 Å². The Balaban J connectivity index is 2.17. The summed E-state index contributed by atoms with van der Waals surface area (Å²) in [4.78, 5) is 8.49. The van der Waals surface area contributed by atoms with Gasteiger partial charge in [-0.2, -0.15) is 0 Å². The fourth-order valence-electron chi connectivity index (χ4n) is 1.45. The second-order valence-electron chi connectivity index (χ2n) is 3.21. The highest BCUT2D eigenvalue weighted by molar-refractivity contribution is 5.69. The normalized spacial score (nSPS) is 10.9. The first-order valence-corrected chi connectivity index (χ1v) is 4.78. The van der Waals surface area contributed by atoms with Gasteiger partial charge in [0, 0.05) is 19.3 Å². The molecule has 2 aromatic heterocycles. The van der Waals surface area contributed by atoms with Crippen molar-refractivity contribution in [2.45, 2.75) is 19.4 Å². The number of rotatable bonds is 4. The van der Waals surface area contributed by atoms with E-state index in [2.05, 4.69) is 9.97 Å². The third-order valence-electron chi connectivity index (χ3n) is 2.18. The zero-order valence-corrected chi connectivity index (χ0v) is 7.93. The second-order valence-corrected chi connectivity index (χ2v) is 3.21. The van der Waals surface area contributed by atoms with Gasteiger partial charge in [-0.15, -0.1) is 5.73 Å². The molecule has 4 heteroatoms. The number of aromatic nitrogens is 3. The van der Waals surface area contributed by atoms with E-state index in [-0.39, 0.29) is 6.54 Å². The van der Waals surface area contributed by atoms with Crippen LogP contribution in [0.4, 0.5) is 0 Å². The van der Waals surface area contributed by atoms with Crippen LogP contribution in [-0.4, -0.2) is 21.1 Å². The van der Waals surface area contributed by atoms with Gasteiger partial charge in [0.1, 0.15) is 5.52 Å². The molecule has 0 aliphatic rings. The summed E-state index contributed by atoms with van der Waals surface area (Å²) >= 11 is 0. The Morgan fingerprint density at radius 2 is 2.21 bits per heavy atom. The van der Waals surface area contributed by atoms with Gasteiger partial charge < -0.3 is 4.57 Å². The first-order valence-electron chi connectivity index (χ1n) is 4.78. The molecule has 0 bridgehead atoms. The summed E-state index contributed by atoms with van der Waals surface area (Å²) in [6, 6.07) is 3.83. The summed E-state index contributed by atoms with van der Waals surface area (Å²) in [7, 11) is 0. The molecule has 4 nitrogen and oxygen atoms in total. The molecule has 0 aliphatic carbocycles. The molecule has 0 aromatic carbocycles. The van der Waals surface area contributed by atoms with E-state index in [9.17, 15) is 0 Å². The van der Waals surface area contributed by atoms with E-state index < -0.39 is 0 Å². The maximum atomic E-state index is 8.67. The van der Waals surface area contributed by atoms with Gasteiger partial charge in [-0.1, -0.05) is 0 Å². The molecular weight excluding hydrogens is 176 g/mol. The van der Waals surface area contributed by atoms with Gasteiger partial charge in [-0.25, -0.2) is 9.97 Å². The van der Waals surface area contributed by atoms with Crippen molar-refractivity contribution < 1.29 is 0 Å². The Morgan fingerprint density at radius 3 is 3.07 bits per heavy atom. The molecule has 72 valence electrons. The van der Waals surface area contributed by atoms with Gasteiger partial charge in [0.25, 0.3) is 0 Å². The molecule has 14 heavy (non-hydrogen) atoms. The van der Waals surface area contributed by atoms with Gasteiger partial charge in [-0.3, -0.25) is 0 Å². The fourth-order valence-corrected chi connectivity index (χ4v) is 1.45. The number of unbranched alkanes of at least 4 members (excludes halogenated alkanes) is 1. The van der Waals surface area contributed by atoms with Crippen molar-refractivity contribution in [1.29, 1.82) is 0 Å². The van der Waals surface area contributed by atoms with Crippen LogP contribution in [0.25, 0.3) is 11.2 Å². The minimum atomic E-state index is 0.250. The minimum Gasteiger partial charge on any atom is -0.315 e. The highest BCUT2D eigenvalue weighted by Gasteiger charge is 2.01. The van der Waals surface area contributed by atoms with Crippen LogP contribution in [0.15, 0.2) is 24.7 Å². The highest BCUT2D eigenvalue weighted by atomic mass is 15.1. The van der Waals surface area contributed by atoms with Crippen molar-refractivity contribution in [3.05, 3.63) is 24.7 Å². The molecule has 0 fully saturated rings. The Labute approximate surface area is 82.8 Å². The standard InChI is InChI=1S/C10H12N4/c11-5-1-2-7-14-8-13-9-4-3-6-12-10(9)14/h3-4,6,8H,1-2,5,7H2. The van der Waals surface area contributed by atoms with E-state index in [0.29, 0.717) is 0 Å². The lowest BCUT2D eigenvalue weighted by molar-refractivity contribution is 0.620. The summed E-state index contributed by atoms with van der Waals surface area (Å²) in [5, 5.41) is 0. The number of hydrogen-bond donors (Lipinski definition) is 0. The van der Waals surface area contributed by atoms with E-state index in [1.54, 1.807) is 12.5 Å². The van der Waals surface area contributed by atoms with Crippen LogP contribution in [-0.2, 0) is 6.54 Å². The number of fused-ring (bicyclic) bond motifs is 1. The van der Waals surface area contributed by atoms with Crippen molar-refractivity contribution in [2.24, 2.45) is 0 Å². The molecule has 2 aromatic rings. The van der Waals surface area contributed by atoms with E-state index >= 15 is 0 Å². The molecule has 2 radical (unpaired) electrons. The van der Waals surface area contributed by atoms with Crippen molar-refractivity contribution in [3.63, 3.8) is 0 Å². The first kappa shape index (κ1) is 9.15. The molecule has 2 rings (SSSR count). The molecular formula is C10H12N4. The Hall–Kier alpha value is -1.42. The molecule has 0 saturated heterocycles. The lowest BCUT2D eigenvalue weighted by Crippen LogP contribution is -1.98. The zero-order valence-electron chi connectivity index (χ0n) is 7.93. The molecule has 0 unspecified atom stereocenters. The SMILES string of the molecule is [N]CCCCn1cnc2cccnc21. The van der Waals surface area contributed by atoms with E-state index in [1.165, 1.54) is 0 Å². The van der Waals surface area contributed by atoms with E-state index in [1.807, 2.05) is 16.7 Å². The van der Waals surface area contributed by atoms with Crippen molar-refractivity contribution in [2.75, 3.05) is 6.54 Å². The van der Waals surface area contributed by atoms with Gasteiger partial charge in [0.2, 0.25) is 0 Å². The van der Waals surface area contributed by atoms with E-state index in [4.69, 9.17) is 5.73 Å². The summed E-state index contributed by atoms with van der Waals surface area (Å²) in [5.74, 6) is 0. The van der Waals surface area contributed by atoms with Crippen LogP contribution in [0.2, 0.25) is 0 Å². The largest absolute Gasteiger partial charge is 0.315 e. The van der Waals surface area contributed by atoms with Crippen molar-refractivity contribution >= 4 is 11.2 Å². The predicted octanol–water partition coefficient (Wildman–Crippen LogP) is 1.28. The third-order valence-corrected chi connectivity index (χ3v) is 2.18. The second kappa shape index (κ2) is 4.19. The quantitative estimate of drug-likeness (QED) is 0.679. The average Bonchev–Trinajstić information content (AvgIpc) is 2.63. The molecule has 0 spiro atoms. The Bertz CT molecular complexity index is 407. The number of pyridine rings is 1. The maximum Gasteiger partial charge on any atom is 0.159 e. The van der Waals surface area contributed by atoms with Crippen LogP contribution in [0.3, 0.4) is 0 Å². The van der Waals surface area contributed by atoms with Crippen LogP contribution < -0.4 is 5.73 Å². The van der Waals surface area contributed by atoms with Gasteiger partial charge in [0.05, 0.1) is 6.33 Å². The predicted molar refractivity (Wildman–Crippen MR) is 53.8 cm³/mol. The number of imidazole rings is 1. The molecule has 0 saturated carbocycles. The number of aryl methyl sites for hydroxylation is 1. The summed E-state index contributed by atoms with van der Waals surface area (Å²) in [6.07, 6.45) is 5.35. The lowest BCUT2D eigenvalue weighted by atomic mass is 10.3. The van der Waals surface area contributed by atoms with Crippen molar-refractivity contribution in [3.8, 4) is 0 Å². The lowest BCUT2D eigenvalue weighted by Gasteiger charge is -2.01. The van der Waals surface area contributed by atoms with Crippen LogP contribution in [0.1, 0.15) is 12.8 Å². The topological polar surface area (TPSA) is 53.0 Å². The average molecular weight is 188 g/mol. The fraction of sp³-hybridized carbons (Fsp3) is 0.400.